The molecule has 0 spiro atoms. The molecule has 5 amide bonds. The maximum Gasteiger partial charge on any atom is 0.418 e. The van der Waals surface area contributed by atoms with E-state index in [0.29, 0.717) is 24.4 Å². The number of urea groups is 1. The summed E-state index contributed by atoms with van der Waals surface area (Å²) in [6.07, 6.45) is 0.816. The largest absolute Gasteiger partial charge is 0.444 e. The monoisotopic (exact) mass is 477 g/mol. The Labute approximate surface area is 185 Å². The Morgan fingerprint density at radius 1 is 1.06 bits per heavy atom. The van der Waals surface area contributed by atoms with Crippen molar-refractivity contribution in [1.82, 2.24) is 25.7 Å². The number of hydrogen-bond donors (Lipinski definition) is 3. The van der Waals surface area contributed by atoms with Crippen molar-refractivity contribution in [2.45, 2.75) is 70.2 Å². The summed E-state index contributed by atoms with van der Waals surface area (Å²) >= 11 is 0. The van der Waals surface area contributed by atoms with Crippen molar-refractivity contribution in [1.29, 1.82) is 0 Å². The van der Waals surface area contributed by atoms with Gasteiger partial charge in [-0.25, -0.2) is 9.59 Å². The van der Waals surface area contributed by atoms with Gasteiger partial charge in [0, 0.05) is 13.1 Å². The topological polar surface area (TPSA) is 175 Å². The normalized spacial score (nSPS) is 25.7. The summed E-state index contributed by atoms with van der Waals surface area (Å²) in [4.78, 5) is 52.3. The molecule has 3 rings (SSSR count). The number of carbonyl (C=O) groups is 4. The van der Waals surface area contributed by atoms with Crippen molar-refractivity contribution < 1.29 is 41.2 Å². The van der Waals surface area contributed by atoms with Crippen LogP contribution in [0.1, 0.15) is 46.5 Å². The Morgan fingerprint density at radius 3 is 2.28 bits per heavy atom. The Hall–Kier alpha value is -2.65. The van der Waals surface area contributed by atoms with Gasteiger partial charge in [-0.15, -0.1) is 4.28 Å². The fourth-order valence-corrected chi connectivity index (χ4v) is 4.36. The number of piperidine rings is 1. The second kappa shape index (κ2) is 8.71. The number of nitrogens with zero attached hydrogens (tertiary/aromatic N) is 3. The van der Waals surface area contributed by atoms with Crippen molar-refractivity contribution >= 4 is 34.3 Å². The van der Waals surface area contributed by atoms with Crippen LogP contribution in [-0.4, -0.2) is 88.6 Å². The highest BCUT2D eigenvalue weighted by Crippen LogP contribution is 2.30. The van der Waals surface area contributed by atoms with E-state index in [1.54, 1.807) is 20.8 Å². The Bertz CT molecular complexity index is 903. The highest BCUT2D eigenvalue weighted by Gasteiger charge is 2.49. The zero-order chi connectivity index (χ0) is 23.8. The van der Waals surface area contributed by atoms with Gasteiger partial charge in [0.2, 0.25) is 0 Å². The molecule has 0 unspecified atom stereocenters. The SMILES string of the molecule is CC(C)(C)OC(=O)N1CCC[C@H]1C(=O)NNC(=O)[C@H]1CC[C@@H]2CN1C(=O)N2OS(=O)(=O)O. The lowest BCUT2D eigenvalue weighted by Crippen LogP contribution is -2.57. The second-order valence-electron chi connectivity index (χ2n) is 8.82. The number of nitrogens with one attached hydrogen (secondary N) is 2. The van der Waals surface area contributed by atoms with E-state index in [-0.39, 0.29) is 19.4 Å². The number of ether oxygens (including phenoxy) is 1. The fraction of sp³-hybridized carbons (Fsp3) is 0.765. The first kappa shape index (κ1) is 24.0. The molecule has 32 heavy (non-hydrogen) atoms. The van der Waals surface area contributed by atoms with Crippen LogP contribution in [0.5, 0.6) is 0 Å². The smallest absolute Gasteiger partial charge is 0.418 e. The standard InChI is InChI=1S/C17H27N5O9S/c1-17(2,3)30-16(26)20-8-4-5-11(20)13(23)18-19-14(24)12-7-6-10-9-21(12)15(25)22(10)31-32(27,28)29/h10-12H,4-9H2,1-3H3,(H,18,23)(H,19,24)(H,27,28,29)/t10-,11+,12-/m1/s1. The van der Waals surface area contributed by atoms with Crippen LogP contribution in [0.3, 0.4) is 0 Å². The molecule has 15 heteroatoms. The van der Waals surface area contributed by atoms with Gasteiger partial charge in [0.1, 0.15) is 17.7 Å². The molecule has 0 radical (unpaired) electrons. The summed E-state index contributed by atoms with van der Waals surface area (Å²) in [5.41, 5.74) is 3.83. The number of likely N-dealkylation sites (tertiary alicyclic amines) is 1. The molecule has 180 valence electrons. The van der Waals surface area contributed by atoms with Crippen molar-refractivity contribution in [2.75, 3.05) is 13.1 Å². The van der Waals surface area contributed by atoms with Crippen LogP contribution in [0.15, 0.2) is 0 Å². The summed E-state index contributed by atoms with van der Waals surface area (Å²) in [6, 6.07) is -3.31. The maximum atomic E-state index is 12.6. The molecule has 2 bridgehead atoms. The van der Waals surface area contributed by atoms with Gasteiger partial charge < -0.3 is 9.64 Å². The van der Waals surface area contributed by atoms with Gasteiger partial charge in [0.25, 0.3) is 11.8 Å². The Balaban J connectivity index is 1.56. The molecule has 3 saturated heterocycles. The first-order chi connectivity index (χ1) is 14.8. The predicted octanol–water partition coefficient (Wildman–Crippen LogP) is -0.464. The average Bonchev–Trinajstić information content (AvgIpc) is 3.24. The molecule has 3 fully saturated rings. The van der Waals surface area contributed by atoms with Crippen molar-refractivity contribution in [2.24, 2.45) is 0 Å². The van der Waals surface area contributed by atoms with E-state index in [0.717, 1.165) is 4.90 Å². The molecule has 0 aromatic rings. The molecule has 3 atom stereocenters. The van der Waals surface area contributed by atoms with Gasteiger partial charge >= 0.3 is 22.5 Å². The summed E-state index contributed by atoms with van der Waals surface area (Å²) in [5, 5.41) is 0.526. The number of hydrazine groups is 1. The van der Waals surface area contributed by atoms with Crippen LogP contribution < -0.4 is 10.9 Å². The second-order valence-corrected chi connectivity index (χ2v) is 9.82. The van der Waals surface area contributed by atoms with Gasteiger partial charge in [-0.05, 0) is 46.5 Å². The van der Waals surface area contributed by atoms with Gasteiger partial charge in [0.15, 0.2) is 0 Å². The molecule has 0 aromatic heterocycles. The van der Waals surface area contributed by atoms with E-state index in [1.165, 1.54) is 4.90 Å². The third-order valence-corrected chi connectivity index (χ3v) is 5.64. The van der Waals surface area contributed by atoms with E-state index in [4.69, 9.17) is 9.29 Å². The number of fused-ring (bicyclic) bond motifs is 2. The van der Waals surface area contributed by atoms with Crippen molar-refractivity contribution in [3.05, 3.63) is 0 Å². The zero-order valence-corrected chi connectivity index (χ0v) is 18.8. The number of rotatable bonds is 4. The van der Waals surface area contributed by atoms with Gasteiger partial charge in [-0.1, -0.05) is 0 Å². The lowest BCUT2D eigenvalue weighted by molar-refractivity contribution is -0.133. The Kier molecular flexibility index (Phi) is 6.53. The van der Waals surface area contributed by atoms with Gasteiger partial charge in [-0.3, -0.25) is 29.9 Å². The van der Waals surface area contributed by atoms with E-state index in [1.807, 2.05) is 0 Å². The summed E-state index contributed by atoms with van der Waals surface area (Å²) in [5.74, 6) is -1.28. The van der Waals surface area contributed by atoms with Crippen molar-refractivity contribution in [3.8, 4) is 0 Å². The summed E-state index contributed by atoms with van der Waals surface area (Å²) < 4.78 is 40.4. The molecule has 0 saturated carbocycles. The number of hydroxylamine groups is 2. The molecule has 3 aliphatic rings. The lowest BCUT2D eigenvalue weighted by Gasteiger charge is -2.30. The molecule has 3 N–H and O–H groups in total. The number of hydrogen-bond acceptors (Lipinski definition) is 8. The molecule has 0 aliphatic carbocycles. The van der Waals surface area contributed by atoms with E-state index in [2.05, 4.69) is 15.1 Å². The van der Waals surface area contributed by atoms with Gasteiger partial charge in [0.05, 0.1) is 6.04 Å². The fourth-order valence-electron chi connectivity index (χ4n) is 3.97. The zero-order valence-electron chi connectivity index (χ0n) is 17.9. The maximum absolute atomic E-state index is 12.6. The molecule has 14 nitrogen and oxygen atoms in total. The number of carbonyl (C=O) groups excluding carboxylic acids is 4. The Morgan fingerprint density at radius 2 is 1.69 bits per heavy atom. The lowest BCUT2D eigenvalue weighted by atomic mass is 10.0. The van der Waals surface area contributed by atoms with Crippen LogP contribution in [0.25, 0.3) is 0 Å². The minimum absolute atomic E-state index is 0.0232. The summed E-state index contributed by atoms with van der Waals surface area (Å²) in [6.45, 7) is 5.51. The van der Waals surface area contributed by atoms with Crippen LogP contribution >= 0.6 is 0 Å². The molecule has 0 aromatic carbocycles. The quantitative estimate of drug-likeness (QED) is 0.357. The third-order valence-electron chi connectivity index (χ3n) is 5.29. The average molecular weight is 477 g/mol. The van der Waals surface area contributed by atoms with Crippen LogP contribution in [0.4, 0.5) is 9.59 Å². The van der Waals surface area contributed by atoms with E-state index < -0.39 is 58.1 Å². The highest BCUT2D eigenvalue weighted by molar-refractivity contribution is 7.80. The molecular weight excluding hydrogens is 450 g/mol. The minimum atomic E-state index is -4.89. The predicted molar refractivity (Wildman–Crippen MR) is 106 cm³/mol. The van der Waals surface area contributed by atoms with Crippen LogP contribution in [0, 0.1) is 0 Å². The molecular formula is C17H27N5O9S. The molecule has 3 heterocycles. The highest BCUT2D eigenvalue weighted by atomic mass is 32.3. The minimum Gasteiger partial charge on any atom is -0.444 e. The van der Waals surface area contributed by atoms with Crippen LogP contribution in [-0.2, 0) is 29.0 Å². The first-order valence-corrected chi connectivity index (χ1v) is 11.5. The molecule has 3 aliphatic heterocycles. The number of amides is 5. The van der Waals surface area contributed by atoms with E-state index in [9.17, 15) is 27.6 Å². The van der Waals surface area contributed by atoms with Gasteiger partial charge in [-0.2, -0.15) is 13.5 Å². The van der Waals surface area contributed by atoms with Crippen LogP contribution in [0.2, 0.25) is 0 Å². The third kappa shape index (κ3) is 5.39. The summed E-state index contributed by atoms with van der Waals surface area (Å²) in [7, 11) is -4.89. The first-order valence-electron chi connectivity index (χ1n) is 10.1. The van der Waals surface area contributed by atoms with E-state index >= 15 is 0 Å². The van der Waals surface area contributed by atoms with Crippen molar-refractivity contribution in [3.63, 3.8) is 0 Å².